The summed E-state index contributed by atoms with van der Waals surface area (Å²) >= 11 is 0. The number of hydrogen-bond donors (Lipinski definition) is 1. The van der Waals surface area contributed by atoms with Gasteiger partial charge in [-0.25, -0.2) is 13.1 Å². The summed E-state index contributed by atoms with van der Waals surface area (Å²) < 4.78 is 33.6. The van der Waals surface area contributed by atoms with Gasteiger partial charge in [-0.3, -0.25) is 4.79 Å². The van der Waals surface area contributed by atoms with E-state index in [0.29, 0.717) is 24.2 Å². The summed E-state index contributed by atoms with van der Waals surface area (Å²) in [5.41, 5.74) is 1.92. The van der Waals surface area contributed by atoms with Crippen molar-refractivity contribution < 1.29 is 17.7 Å². The molecule has 1 N–H and O–H groups in total. The Morgan fingerprint density at radius 2 is 1.84 bits per heavy atom. The van der Waals surface area contributed by atoms with Crippen molar-refractivity contribution in [3.63, 3.8) is 0 Å². The molecule has 1 saturated heterocycles. The Bertz CT molecular complexity index is 1170. The van der Waals surface area contributed by atoms with E-state index in [9.17, 15) is 13.2 Å². The maximum absolute atomic E-state index is 12.9. The van der Waals surface area contributed by atoms with E-state index in [1.807, 2.05) is 30.3 Å². The number of hydrogen-bond acceptors (Lipinski definition) is 6. The molecule has 1 aliphatic heterocycles. The molecule has 2 heterocycles. The van der Waals surface area contributed by atoms with Gasteiger partial charge in [0.05, 0.1) is 4.90 Å². The monoisotopic (exact) mass is 440 g/mol. The molecule has 2 aromatic carbocycles. The molecule has 0 unspecified atom stereocenters. The van der Waals surface area contributed by atoms with Crippen LogP contribution in [0.25, 0.3) is 11.4 Å². The Hall–Kier alpha value is -3.04. The van der Waals surface area contributed by atoms with Crippen molar-refractivity contribution in [1.82, 2.24) is 19.8 Å². The van der Waals surface area contributed by atoms with Crippen LogP contribution in [0.15, 0.2) is 57.9 Å². The van der Waals surface area contributed by atoms with Crippen molar-refractivity contribution >= 4 is 15.9 Å². The van der Waals surface area contributed by atoms with Crippen LogP contribution in [-0.4, -0.2) is 42.5 Å². The lowest BCUT2D eigenvalue weighted by Gasteiger charge is -2.24. The van der Waals surface area contributed by atoms with E-state index in [1.165, 1.54) is 6.07 Å². The topological polar surface area (TPSA) is 105 Å². The van der Waals surface area contributed by atoms with Crippen LogP contribution in [0, 0.1) is 6.92 Å². The normalized spacial score (nSPS) is 14.5. The van der Waals surface area contributed by atoms with Gasteiger partial charge in [-0.15, -0.1) is 0 Å². The minimum absolute atomic E-state index is 0.0796. The Labute approximate surface area is 181 Å². The van der Waals surface area contributed by atoms with Crippen molar-refractivity contribution in [2.75, 3.05) is 13.1 Å². The third-order valence-electron chi connectivity index (χ3n) is 5.30. The van der Waals surface area contributed by atoms with E-state index in [0.717, 1.165) is 24.8 Å². The molecular formula is C22H24N4O4S. The van der Waals surface area contributed by atoms with Crippen LogP contribution in [-0.2, 0) is 16.6 Å². The van der Waals surface area contributed by atoms with Crippen molar-refractivity contribution in [1.29, 1.82) is 0 Å². The average Bonchev–Trinajstić information content (AvgIpc) is 3.29. The molecule has 0 saturated carbocycles. The first-order valence-corrected chi connectivity index (χ1v) is 11.7. The molecule has 31 heavy (non-hydrogen) atoms. The zero-order chi connectivity index (χ0) is 21.8. The van der Waals surface area contributed by atoms with Gasteiger partial charge < -0.3 is 9.42 Å². The lowest BCUT2D eigenvalue weighted by atomic mass is 10.1. The first kappa shape index (κ1) is 21.2. The van der Waals surface area contributed by atoms with Crippen molar-refractivity contribution in [3.8, 4) is 11.4 Å². The predicted octanol–water partition coefficient (Wildman–Crippen LogP) is 3.15. The van der Waals surface area contributed by atoms with E-state index in [2.05, 4.69) is 14.9 Å². The molecule has 1 aliphatic rings. The van der Waals surface area contributed by atoms with Crippen molar-refractivity contribution in [2.45, 2.75) is 37.6 Å². The zero-order valence-electron chi connectivity index (χ0n) is 17.2. The van der Waals surface area contributed by atoms with E-state index in [-0.39, 0.29) is 29.1 Å². The molecule has 0 radical (unpaired) electrons. The molecule has 0 spiro atoms. The Morgan fingerprint density at radius 3 is 2.58 bits per heavy atom. The highest BCUT2D eigenvalue weighted by Gasteiger charge is 2.25. The van der Waals surface area contributed by atoms with Gasteiger partial charge in [0.25, 0.3) is 0 Å². The molecule has 8 nitrogen and oxygen atoms in total. The number of sulfonamides is 1. The van der Waals surface area contributed by atoms with Crippen molar-refractivity contribution in [3.05, 3.63) is 65.5 Å². The minimum atomic E-state index is -3.76. The second-order valence-corrected chi connectivity index (χ2v) is 9.30. The summed E-state index contributed by atoms with van der Waals surface area (Å²) in [5.74, 6) is -0.188. The molecular weight excluding hydrogens is 416 g/mol. The van der Waals surface area contributed by atoms with E-state index in [1.54, 1.807) is 24.0 Å². The lowest BCUT2D eigenvalue weighted by Crippen LogP contribution is -2.35. The first-order valence-electron chi connectivity index (χ1n) is 10.2. The molecule has 0 aliphatic carbocycles. The first-order chi connectivity index (χ1) is 14.9. The molecule has 1 fully saturated rings. The van der Waals surface area contributed by atoms with Gasteiger partial charge in [0.2, 0.25) is 15.8 Å². The number of carbonyl (C=O) groups is 1. The number of piperidine rings is 1. The summed E-state index contributed by atoms with van der Waals surface area (Å²) in [6, 6.07) is 14.2. The van der Waals surface area contributed by atoms with Gasteiger partial charge in [-0.2, -0.15) is 4.98 Å². The Morgan fingerprint density at radius 1 is 1.10 bits per heavy atom. The highest BCUT2D eigenvalue weighted by Crippen LogP contribution is 2.24. The number of likely N-dealkylation sites (tertiary alicyclic amines) is 1. The molecule has 4 rings (SSSR count). The number of nitrogens with zero attached hydrogens (tertiary/aromatic N) is 3. The van der Waals surface area contributed by atoms with Crippen LogP contribution in [0.5, 0.6) is 0 Å². The fourth-order valence-corrected chi connectivity index (χ4v) is 4.83. The molecule has 1 aromatic heterocycles. The highest BCUT2D eigenvalue weighted by atomic mass is 32.2. The molecule has 0 bridgehead atoms. The number of aryl methyl sites for hydroxylation is 1. The SMILES string of the molecule is Cc1ccc(-c2noc(C(=O)N3CCCCC3)n2)cc1S(=O)(=O)NCc1ccccc1. The van der Waals surface area contributed by atoms with E-state index < -0.39 is 10.0 Å². The second kappa shape index (κ2) is 8.99. The zero-order valence-corrected chi connectivity index (χ0v) is 18.1. The van der Waals surface area contributed by atoms with Crippen LogP contribution in [0.4, 0.5) is 0 Å². The van der Waals surface area contributed by atoms with Crippen molar-refractivity contribution in [2.24, 2.45) is 0 Å². The molecule has 1 amide bonds. The predicted molar refractivity (Wildman–Crippen MR) is 115 cm³/mol. The third kappa shape index (κ3) is 4.83. The van der Waals surface area contributed by atoms with E-state index >= 15 is 0 Å². The van der Waals surface area contributed by atoms with E-state index in [4.69, 9.17) is 4.52 Å². The summed E-state index contributed by atoms with van der Waals surface area (Å²) in [6.07, 6.45) is 3.03. The number of nitrogens with one attached hydrogen (secondary N) is 1. The summed E-state index contributed by atoms with van der Waals surface area (Å²) in [6.45, 7) is 3.26. The summed E-state index contributed by atoms with van der Waals surface area (Å²) in [5, 5.41) is 3.90. The maximum Gasteiger partial charge on any atom is 0.316 e. The fourth-order valence-electron chi connectivity index (χ4n) is 3.54. The van der Waals surface area contributed by atoms with Gasteiger partial charge >= 0.3 is 11.8 Å². The van der Waals surface area contributed by atoms with Crippen LogP contribution < -0.4 is 4.72 Å². The quantitative estimate of drug-likeness (QED) is 0.631. The largest absolute Gasteiger partial charge is 0.334 e. The number of aromatic nitrogens is 2. The standard InChI is InChI=1S/C22H24N4O4S/c1-16-10-11-18(14-19(16)31(28,29)23-15-17-8-4-2-5-9-17)20-24-21(30-25-20)22(27)26-12-6-3-7-13-26/h2,4-5,8-11,14,23H,3,6-7,12-13,15H2,1H3. The smallest absolute Gasteiger partial charge is 0.316 e. The molecule has 3 aromatic rings. The summed E-state index contributed by atoms with van der Waals surface area (Å²) in [4.78, 5) is 18.6. The number of carbonyl (C=O) groups excluding carboxylic acids is 1. The van der Waals surface area contributed by atoms with Crippen LogP contribution in [0.3, 0.4) is 0 Å². The van der Waals surface area contributed by atoms with Gasteiger partial charge in [-0.05, 0) is 43.4 Å². The lowest BCUT2D eigenvalue weighted by molar-refractivity contribution is 0.0674. The number of benzene rings is 2. The van der Waals surface area contributed by atoms with Crippen LogP contribution >= 0.6 is 0 Å². The highest BCUT2D eigenvalue weighted by molar-refractivity contribution is 7.89. The number of amides is 1. The molecule has 9 heteroatoms. The van der Waals surface area contributed by atoms with Crippen LogP contribution in [0.2, 0.25) is 0 Å². The molecule has 162 valence electrons. The van der Waals surface area contributed by atoms with Crippen LogP contribution in [0.1, 0.15) is 41.1 Å². The number of rotatable bonds is 6. The maximum atomic E-state index is 12.9. The van der Waals surface area contributed by atoms with Gasteiger partial charge in [0.1, 0.15) is 0 Å². The Balaban J connectivity index is 1.55. The molecule has 0 atom stereocenters. The second-order valence-electron chi connectivity index (χ2n) is 7.57. The third-order valence-corrected chi connectivity index (χ3v) is 6.84. The average molecular weight is 441 g/mol. The summed E-state index contributed by atoms with van der Waals surface area (Å²) in [7, 11) is -3.76. The van der Waals surface area contributed by atoms with Gasteiger partial charge in [0.15, 0.2) is 0 Å². The van der Waals surface area contributed by atoms with Gasteiger partial charge in [0, 0.05) is 25.2 Å². The Kier molecular flexibility index (Phi) is 6.15. The fraction of sp³-hybridized carbons (Fsp3) is 0.318. The minimum Gasteiger partial charge on any atom is -0.334 e. The van der Waals surface area contributed by atoms with Gasteiger partial charge in [-0.1, -0.05) is 47.6 Å².